The first kappa shape index (κ1) is 17.4. The molecule has 27 heavy (non-hydrogen) atoms. The molecule has 0 amide bonds. The Morgan fingerprint density at radius 2 is 2.07 bits per heavy atom. The topological polar surface area (TPSA) is 39.1 Å². The summed E-state index contributed by atoms with van der Waals surface area (Å²) in [6.07, 6.45) is 4.02. The maximum Gasteiger partial charge on any atom is 0.183 e. The highest BCUT2D eigenvalue weighted by molar-refractivity contribution is 7.14. The van der Waals surface area contributed by atoms with Crippen LogP contribution in [0.1, 0.15) is 5.56 Å². The number of fused-ring (bicyclic) bond motifs is 1. The number of benzene rings is 2. The second-order valence-corrected chi connectivity index (χ2v) is 7.10. The van der Waals surface area contributed by atoms with E-state index in [0.717, 1.165) is 34.2 Å². The predicted octanol–water partition coefficient (Wildman–Crippen LogP) is 5.42. The Morgan fingerprint density at radius 3 is 2.85 bits per heavy atom. The molecule has 5 heteroatoms. The summed E-state index contributed by atoms with van der Waals surface area (Å²) in [5.74, 6) is 0.855. The zero-order valence-corrected chi connectivity index (χ0v) is 16.0. The molecule has 2 heterocycles. The van der Waals surface area contributed by atoms with Crippen molar-refractivity contribution in [1.29, 1.82) is 0 Å². The number of nitrogens with one attached hydrogen (secondary N) is 1. The van der Waals surface area contributed by atoms with E-state index in [-0.39, 0.29) is 0 Å². The third-order valence-electron chi connectivity index (χ3n) is 4.46. The summed E-state index contributed by atoms with van der Waals surface area (Å²) in [7, 11) is 1.70. The third-order valence-corrected chi connectivity index (χ3v) is 5.26. The van der Waals surface area contributed by atoms with E-state index in [1.165, 1.54) is 10.9 Å². The number of methoxy groups -OCH3 is 1. The summed E-state index contributed by atoms with van der Waals surface area (Å²) in [6.45, 7) is 5.25. The van der Waals surface area contributed by atoms with Gasteiger partial charge in [0, 0.05) is 41.7 Å². The first-order valence-corrected chi connectivity index (χ1v) is 9.68. The van der Waals surface area contributed by atoms with E-state index in [1.54, 1.807) is 18.4 Å². The average Bonchev–Trinajstić information content (AvgIpc) is 3.31. The van der Waals surface area contributed by atoms with Gasteiger partial charge in [-0.15, -0.1) is 17.9 Å². The smallest absolute Gasteiger partial charge is 0.183 e. The Balaban J connectivity index is 1.78. The first-order valence-electron chi connectivity index (χ1n) is 8.80. The molecule has 1 N–H and O–H groups in total. The van der Waals surface area contributed by atoms with Crippen LogP contribution in [-0.4, -0.2) is 23.2 Å². The molecule has 0 aliphatic rings. The van der Waals surface area contributed by atoms with E-state index in [0.29, 0.717) is 6.54 Å². The molecule has 0 unspecified atom stereocenters. The van der Waals surface area contributed by atoms with Gasteiger partial charge in [0.05, 0.1) is 18.3 Å². The van der Waals surface area contributed by atoms with Crippen LogP contribution in [0, 0.1) is 0 Å². The lowest BCUT2D eigenvalue weighted by atomic mass is 10.1. The van der Waals surface area contributed by atoms with Gasteiger partial charge in [0.15, 0.2) is 5.13 Å². The third kappa shape index (κ3) is 3.59. The summed E-state index contributed by atoms with van der Waals surface area (Å²) in [5, 5.41) is 7.43. The molecule has 0 spiro atoms. The number of hydrogen-bond donors (Lipinski definition) is 1. The fourth-order valence-electron chi connectivity index (χ4n) is 3.15. The van der Waals surface area contributed by atoms with Crippen LogP contribution in [0.2, 0.25) is 0 Å². The van der Waals surface area contributed by atoms with Crippen LogP contribution in [-0.2, 0) is 6.54 Å². The summed E-state index contributed by atoms with van der Waals surface area (Å²) in [4.78, 5) is 4.75. The number of anilines is 1. The van der Waals surface area contributed by atoms with Gasteiger partial charge in [-0.1, -0.05) is 36.4 Å². The monoisotopic (exact) mass is 375 g/mol. The average molecular weight is 375 g/mol. The lowest BCUT2D eigenvalue weighted by Crippen LogP contribution is -1.97. The zero-order valence-electron chi connectivity index (χ0n) is 15.2. The first-order chi connectivity index (χ1) is 13.3. The molecule has 0 aliphatic heterocycles. The van der Waals surface area contributed by atoms with Gasteiger partial charge >= 0.3 is 0 Å². The molecule has 2 aromatic heterocycles. The maximum absolute atomic E-state index is 5.44. The molecule has 0 bridgehead atoms. The van der Waals surface area contributed by atoms with Crippen LogP contribution >= 0.6 is 11.3 Å². The van der Waals surface area contributed by atoms with Gasteiger partial charge in [-0.05, 0) is 17.7 Å². The Labute approximate surface area is 162 Å². The van der Waals surface area contributed by atoms with E-state index in [9.17, 15) is 0 Å². The van der Waals surface area contributed by atoms with Crippen LogP contribution in [0.4, 0.5) is 5.13 Å². The van der Waals surface area contributed by atoms with E-state index < -0.39 is 0 Å². The highest BCUT2D eigenvalue weighted by atomic mass is 32.1. The van der Waals surface area contributed by atoms with Gasteiger partial charge in [-0.25, -0.2) is 4.98 Å². The van der Waals surface area contributed by atoms with Gasteiger partial charge < -0.3 is 14.6 Å². The molecule has 0 atom stereocenters. The van der Waals surface area contributed by atoms with Crippen molar-refractivity contribution in [1.82, 2.24) is 9.55 Å². The quantitative estimate of drug-likeness (QED) is 0.438. The summed E-state index contributed by atoms with van der Waals surface area (Å²) in [6, 6.07) is 16.7. The zero-order chi connectivity index (χ0) is 18.6. The van der Waals surface area contributed by atoms with Crippen molar-refractivity contribution in [3.05, 3.63) is 78.3 Å². The minimum absolute atomic E-state index is 0.708. The molecule has 0 aliphatic carbocycles. The molecular formula is C22H21N3OS. The Bertz CT molecular complexity index is 1070. The molecule has 0 saturated carbocycles. The minimum atomic E-state index is 0.708. The van der Waals surface area contributed by atoms with Crippen molar-refractivity contribution in [2.24, 2.45) is 0 Å². The lowest BCUT2D eigenvalue weighted by molar-refractivity contribution is 0.415. The van der Waals surface area contributed by atoms with Crippen molar-refractivity contribution in [2.45, 2.75) is 6.54 Å². The summed E-state index contributed by atoms with van der Waals surface area (Å²) < 4.78 is 7.71. The van der Waals surface area contributed by atoms with Crippen LogP contribution in [0.25, 0.3) is 22.2 Å². The van der Waals surface area contributed by atoms with Gasteiger partial charge in [-0.3, -0.25) is 0 Å². The SMILES string of the molecule is C=CCNc1nc(-c2cn(Cc3ccccc3)c3cc(OC)ccc23)cs1. The number of nitrogens with zero attached hydrogens (tertiary/aromatic N) is 2. The van der Waals surface area contributed by atoms with E-state index in [4.69, 9.17) is 9.72 Å². The molecule has 0 radical (unpaired) electrons. The Morgan fingerprint density at radius 1 is 1.22 bits per heavy atom. The maximum atomic E-state index is 5.44. The van der Waals surface area contributed by atoms with Crippen LogP contribution < -0.4 is 10.1 Å². The van der Waals surface area contributed by atoms with Crippen LogP contribution in [0.15, 0.2) is 72.8 Å². The Kier molecular flexibility index (Phi) is 4.94. The normalized spacial score (nSPS) is 10.9. The molecule has 4 aromatic rings. The molecule has 2 aromatic carbocycles. The fourth-order valence-corrected chi connectivity index (χ4v) is 3.87. The van der Waals surface area contributed by atoms with Crippen LogP contribution in [0.5, 0.6) is 5.75 Å². The second-order valence-electron chi connectivity index (χ2n) is 6.25. The molecule has 0 saturated heterocycles. The van der Waals surface area contributed by atoms with Crippen molar-refractivity contribution in [3.63, 3.8) is 0 Å². The molecule has 0 fully saturated rings. The minimum Gasteiger partial charge on any atom is -0.497 e. The van der Waals surface area contributed by atoms with E-state index in [2.05, 4.69) is 64.4 Å². The standard InChI is InChI=1S/C22H21N3OS/c1-3-11-23-22-24-20(15-27-22)19-14-25(13-16-7-5-4-6-8-16)21-12-17(26-2)9-10-18(19)21/h3-10,12,14-15H,1,11,13H2,2H3,(H,23,24). The second kappa shape index (κ2) is 7.68. The predicted molar refractivity (Wildman–Crippen MR) is 114 cm³/mol. The van der Waals surface area contributed by atoms with Gasteiger partial charge in [-0.2, -0.15) is 0 Å². The Hall–Kier alpha value is -3.05. The van der Waals surface area contributed by atoms with E-state index >= 15 is 0 Å². The number of ether oxygens (including phenoxy) is 1. The fraction of sp³-hybridized carbons (Fsp3) is 0.136. The number of aromatic nitrogens is 2. The molecule has 136 valence electrons. The van der Waals surface area contributed by atoms with Crippen molar-refractivity contribution < 1.29 is 4.74 Å². The highest BCUT2D eigenvalue weighted by Crippen LogP contribution is 2.34. The van der Waals surface area contributed by atoms with Crippen molar-refractivity contribution in [3.8, 4) is 17.0 Å². The largest absolute Gasteiger partial charge is 0.497 e. The lowest BCUT2D eigenvalue weighted by Gasteiger charge is -2.06. The molecular weight excluding hydrogens is 354 g/mol. The number of hydrogen-bond acceptors (Lipinski definition) is 4. The molecule has 4 rings (SSSR count). The number of thiazole rings is 1. The number of rotatable bonds is 7. The summed E-state index contributed by atoms with van der Waals surface area (Å²) >= 11 is 1.61. The van der Waals surface area contributed by atoms with Gasteiger partial charge in [0.1, 0.15) is 5.75 Å². The van der Waals surface area contributed by atoms with Crippen molar-refractivity contribution in [2.75, 3.05) is 19.0 Å². The van der Waals surface area contributed by atoms with Gasteiger partial charge in [0.2, 0.25) is 0 Å². The highest BCUT2D eigenvalue weighted by Gasteiger charge is 2.14. The van der Waals surface area contributed by atoms with E-state index in [1.807, 2.05) is 18.2 Å². The van der Waals surface area contributed by atoms with Crippen molar-refractivity contribution >= 4 is 27.4 Å². The van der Waals surface area contributed by atoms with Crippen LogP contribution in [0.3, 0.4) is 0 Å². The van der Waals surface area contributed by atoms with Gasteiger partial charge in [0.25, 0.3) is 0 Å². The molecule has 4 nitrogen and oxygen atoms in total. The summed E-state index contributed by atoms with van der Waals surface area (Å²) in [5.41, 5.74) is 4.51.